The third-order valence-electron chi connectivity index (χ3n) is 5.28. The molecule has 1 aliphatic carbocycles. The van der Waals surface area contributed by atoms with Gasteiger partial charge in [-0.05, 0) is 55.5 Å². The van der Waals surface area contributed by atoms with Crippen molar-refractivity contribution in [3.05, 3.63) is 53.7 Å². The molecule has 2 aromatic rings. The predicted molar refractivity (Wildman–Crippen MR) is 113 cm³/mol. The second-order valence-electron chi connectivity index (χ2n) is 7.20. The first-order chi connectivity index (χ1) is 13.7. The summed E-state index contributed by atoms with van der Waals surface area (Å²) >= 11 is 0. The van der Waals surface area contributed by atoms with Crippen LogP contribution in [0.2, 0.25) is 0 Å². The van der Waals surface area contributed by atoms with Crippen LogP contribution < -0.4 is 10.4 Å². The third-order valence-corrected chi connectivity index (χ3v) is 5.28. The fourth-order valence-corrected chi connectivity index (χ4v) is 3.62. The Balaban J connectivity index is 1.51. The van der Waals surface area contributed by atoms with E-state index in [1.54, 1.807) is 5.48 Å². The lowest BCUT2D eigenvalue weighted by Gasteiger charge is -2.23. The molecule has 3 rings (SSSR count). The molecule has 5 heteroatoms. The van der Waals surface area contributed by atoms with E-state index in [2.05, 4.69) is 54.3 Å². The number of hydrogen-bond donors (Lipinski definition) is 2. The highest BCUT2D eigenvalue weighted by Crippen LogP contribution is 2.27. The number of unbranched alkanes of at least 4 members (excludes halogenated alkanes) is 3. The van der Waals surface area contributed by atoms with Crippen molar-refractivity contribution in [2.75, 3.05) is 18.0 Å². The van der Waals surface area contributed by atoms with Gasteiger partial charge in [-0.25, -0.2) is 5.48 Å². The zero-order valence-electron chi connectivity index (χ0n) is 16.5. The largest absolute Gasteiger partial charge is 0.371 e. The van der Waals surface area contributed by atoms with Gasteiger partial charge in [0.05, 0.1) is 17.6 Å². The van der Waals surface area contributed by atoms with Crippen LogP contribution in [0.4, 0.5) is 5.69 Å². The molecule has 1 aliphatic rings. The minimum atomic E-state index is -0.305. The van der Waals surface area contributed by atoms with Crippen molar-refractivity contribution in [3.63, 3.8) is 0 Å². The number of benzene rings is 1. The molecule has 0 spiro atoms. The molecule has 0 fully saturated rings. The number of hydroxylamine groups is 1. The number of nitrogens with zero attached hydrogens (tertiary/aromatic N) is 2. The van der Waals surface area contributed by atoms with Gasteiger partial charge in [0.15, 0.2) is 0 Å². The lowest BCUT2D eigenvalue weighted by atomic mass is 10.0. The molecule has 0 atom stereocenters. The molecule has 1 heterocycles. The maximum Gasteiger partial charge on any atom is 0.243 e. The molecular weight excluding hydrogens is 350 g/mol. The molecule has 0 saturated carbocycles. The van der Waals surface area contributed by atoms with E-state index in [-0.39, 0.29) is 5.91 Å². The van der Waals surface area contributed by atoms with E-state index >= 15 is 0 Å². The number of hydrogen-bond acceptors (Lipinski definition) is 4. The van der Waals surface area contributed by atoms with Crippen LogP contribution in [-0.2, 0) is 11.2 Å². The van der Waals surface area contributed by atoms with Crippen molar-refractivity contribution in [2.45, 2.75) is 45.4 Å². The third kappa shape index (κ3) is 5.20. The topological polar surface area (TPSA) is 65.5 Å². The molecule has 0 unspecified atom stereocenters. The molecule has 148 valence electrons. The lowest BCUT2D eigenvalue weighted by molar-refractivity contribution is -0.129. The fourth-order valence-electron chi connectivity index (χ4n) is 3.62. The minimum Gasteiger partial charge on any atom is -0.371 e. The quantitative estimate of drug-likeness (QED) is 0.360. The number of nitrogens with one attached hydrogen (secondary N) is 1. The van der Waals surface area contributed by atoms with E-state index in [1.165, 1.54) is 11.1 Å². The molecule has 1 amide bonds. The number of amides is 1. The fraction of sp³-hybridized carbons (Fsp3) is 0.391. The van der Waals surface area contributed by atoms with Gasteiger partial charge in [0.1, 0.15) is 0 Å². The first kappa shape index (κ1) is 20.1. The smallest absolute Gasteiger partial charge is 0.243 e. The number of fused-ring (bicyclic) bond motifs is 1. The van der Waals surface area contributed by atoms with Gasteiger partial charge in [0.25, 0.3) is 0 Å². The van der Waals surface area contributed by atoms with Gasteiger partial charge < -0.3 is 4.90 Å². The summed E-state index contributed by atoms with van der Waals surface area (Å²) in [4.78, 5) is 18.0. The van der Waals surface area contributed by atoms with Crippen molar-refractivity contribution >= 4 is 17.7 Å². The summed E-state index contributed by atoms with van der Waals surface area (Å²) in [7, 11) is 0. The Morgan fingerprint density at radius 1 is 1.18 bits per heavy atom. The normalized spacial score (nSPS) is 12.1. The highest BCUT2D eigenvalue weighted by molar-refractivity contribution is 5.74. The zero-order chi connectivity index (χ0) is 19.8. The van der Waals surface area contributed by atoms with Gasteiger partial charge in [-0.2, -0.15) is 0 Å². The predicted octanol–water partition coefficient (Wildman–Crippen LogP) is 4.60. The van der Waals surface area contributed by atoms with Gasteiger partial charge in [0.2, 0.25) is 5.91 Å². The first-order valence-corrected chi connectivity index (χ1v) is 10.1. The molecular formula is C23H29N3O2. The Morgan fingerprint density at radius 2 is 2.04 bits per heavy atom. The van der Waals surface area contributed by atoms with E-state index in [0.29, 0.717) is 6.42 Å². The Labute approximate surface area is 167 Å². The van der Waals surface area contributed by atoms with Crippen molar-refractivity contribution in [3.8, 4) is 11.3 Å². The summed E-state index contributed by atoms with van der Waals surface area (Å²) in [6.07, 6.45) is 11.7. The molecule has 0 bridgehead atoms. The molecule has 0 radical (unpaired) electrons. The summed E-state index contributed by atoms with van der Waals surface area (Å²) in [5.74, 6) is -0.305. The molecule has 1 aromatic carbocycles. The first-order valence-electron chi connectivity index (χ1n) is 10.1. The minimum absolute atomic E-state index is 0.305. The van der Waals surface area contributed by atoms with Crippen LogP contribution in [0.1, 0.15) is 50.2 Å². The van der Waals surface area contributed by atoms with E-state index in [9.17, 15) is 4.79 Å². The highest BCUT2D eigenvalue weighted by atomic mass is 16.5. The van der Waals surface area contributed by atoms with Crippen LogP contribution in [0.5, 0.6) is 0 Å². The van der Waals surface area contributed by atoms with E-state index in [4.69, 9.17) is 10.2 Å². The van der Waals surface area contributed by atoms with E-state index < -0.39 is 0 Å². The van der Waals surface area contributed by atoms with Gasteiger partial charge >= 0.3 is 0 Å². The molecule has 2 N–H and O–H groups in total. The van der Waals surface area contributed by atoms with Crippen molar-refractivity contribution < 1.29 is 10.0 Å². The number of pyridine rings is 1. The maximum atomic E-state index is 11.0. The average Bonchev–Trinajstić information content (AvgIpc) is 3.21. The lowest BCUT2D eigenvalue weighted by Crippen LogP contribution is -2.24. The number of anilines is 1. The van der Waals surface area contributed by atoms with Gasteiger partial charge in [-0.3, -0.25) is 15.0 Å². The van der Waals surface area contributed by atoms with Gasteiger partial charge in [-0.15, -0.1) is 0 Å². The molecule has 1 aromatic heterocycles. The Bertz CT molecular complexity index is 815. The maximum absolute atomic E-state index is 11.0. The summed E-state index contributed by atoms with van der Waals surface area (Å²) < 4.78 is 0. The average molecular weight is 380 g/mol. The van der Waals surface area contributed by atoms with Crippen LogP contribution in [-0.4, -0.2) is 29.2 Å². The van der Waals surface area contributed by atoms with Crippen LogP contribution >= 0.6 is 0 Å². The number of allylic oxidation sites excluding steroid dienone is 1. The second kappa shape index (κ2) is 10.0. The Morgan fingerprint density at radius 3 is 2.79 bits per heavy atom. The molecule has 28 heavy (non-hydrogen) atoms. The summed E-state index contributed by atoms with van der Waals surface area (Å²) in [6.45, 7) is 4.08. The molecule has 5 nitrogen and oxygen atoms in total. The Kier molecular flexibility index (Phi) is 7.20. The molecule has 0 saturated heterocycles. The number of aromatic nitrogens is 1. The molecule has 0 aliphatic heterocycles. The van der Waals surface area contributed by atoms with Crippen LogP contribution in [0, 0.1) is 0 Å². The Hall–Kier alpha value is -2.66. The summed E-state index contributed by atoms with van der Waals surface area (Å²) in [6, 6.07) is 10.8. The van der Waals surface area contributed by atoms with E-state index in [1.807, 2.05) is 6.20 Å². The van der Waals surface area contributed by atoms with Crippen LogP contribution in [0.25, 0.3) is 17.3 Å². The summed E-state index contributed by atoms with van der Waals surface area (Å²) in [5.41, 5.74) is 7.67. The standard InChI is InChI=1S/C23H29N3O2/c1-2-26(15-6-4-3-5-10-23(27)25-28)21-13-14-22(24-17-21)20-12-11-18-8-7-9-19(18)16-20/h7,9,11-14,16-17,28H,2-6,8,10,15H2,1H3,(H,25,27). The number of rotatable bonds is 10. The highest BCUT2D eigenvalue weighted by Gasteiger charge is 2.09. The van der Waals surface area contributed by atoms with Gasteiger partial charge in [-0.1, -0.05) is 37.1 Å². The van der Waals surface area contributed by atoms with Crippen molar-refractivity contribution in [2.24, 2.45) is 0 Å². The van der Waals surface area contributed by atoms with Crippen LogP contribution in [0.3, 0.4) is 0 Å². The monoisotopic (exact) mass is 379 g/mol. The second-order valence-corrected chi connectivity index (χ2v) is 7.20. The van der Waals surface area contributed by atoms with Crippen LogP contribution in [0.15, 0.2) is 42.6 Å². The SMILES string of the molecule is CCN(CCCCCCC(=O)NO)c1ccc(-c2ccc3c(c2)C=CC3)nc1. The van der Waals surface area contributed by atoms with Crippen molar-refractivity contribution in [1.82, 2.24) is 10.5 Å². The zero-order valence-corrected chi connectivity index (χ0v) is 16.5. The number of carbonyl (C=O) groups is 1. The summed E-state index contributed by atoms with van der Waals surface area (Å²) in [5, 5.41) is 8.49. The number of carbonyl (C=O) groups excluding carboxylic acids is 1. The van der Waals surface area contributed by atoms with Gasteiger partial charge in [0, 0.05) is 25.1 Å². The van der Waals surface area contributed by atoms with E-state index in [0.717, 1.165) is 62.1 Å². The van der Waals surface area contributed by atoms with Crippen molar-refractivity contribution in [1.29, 1.82) is 0 Å².